The molecule has 30 heavy (non-hydrogen) atoms. The Bertz CT molecular complexity index is 1020. The van der Waals surface area contributed by atoms with Crippen LogP contribution in [0.1, 0.15) is 12.5 Å². The van der Waals surface area contributed by atoms with E-state index in [-0.39, 0.29) is 21.8 Å². The highest BCUT2D eigenvalue weighted by Gasteiger charge is 2.06. The molecule has 0 atom stereocenters. The molecule has 0 aliphatic heterocycles. The van der Waals surface area contributed by atoms with E-state index in [0.29, 0.717) is 16.9 Å². The van der Waals surface area contributed by atoms with Gasteiger partial charge in [-0.2, -0.15) is 0 Å². The summed E-state index contributed by atoms with van der Waals surface area (Å²) in [6, 6.07) is 12.7. The van der Waals surface area contributed by atoms with Gasteiger partial charge in [0.15, 0.2) is 10.2 Å². The SMILES string of the molecule is CC(=O)NC(=S)Nc1ccc(NC(=S)NC(=O)/C=C/c2cccc([N+](=O)[O-])c2)cc1. The minimum Gasteiger partial charge on any atom is -0.332 e. The van der Waals surface area contributed by atoms with Crippen LogP contribution in [0, 0.1) is 10.1 Å². The third kappa shape index (κ3) is 7.73. The molecule has 0 heterocycles. The lowest BCUT2D eigenvalue weighted by Gasteiger charge is -2.11. The normalized spacial score (nSPS) is 10.2. The molecule has 2 amide bonds. The van der Waals surface area contributed by atoms with Crippen LogP contribution in [0.4, 0.5) is 17.1 Å². The fourth-order valence-corrected chi connectivity index (χ4v) is 2.67. The van der Waals surface area contributed by atoms with Crippen LogP contribution in [-0.4, -0.2) is 27.0 Å². The van der Waals surface area contributed by atoms with E-state index in [1.54, 1.807) is 30.3 Å². The van der Waals surface area contributed by atoms with Crippen molar-refractivity contribution in [1.82, 2.24) is 10.6 Å². The molecule has 0 aliphatic rings. The summed E-state index contributed by atoms with van der Waals surface area (Å²) in [5.41, 5.74) is 1.73. The lowest BCUT2D eigenvalue weighted by Crippen LogP contribution is -2.33. The van der Waals surface area contributed by atoms with Crippen LogP contribution in [0.15, 0.2) is 54.6 Å². The van der Waals surface area contributed by atoms with Crippen molar-refractivity contribution in [2.75, 3.05) is 10.6 Å². The van der Waals surface area contributed by atoms with E-state index in [0.717, 1.165) is 0 Å². The molecule has 0 fully saturated rings. The minimum absolute atomic E-state index is 0.0643. The first-order chi connectivity index (χ1) is 14.2. The summed E-state index contributed by atoms with van der Waals surface area (Å²) >= 11 is 10.1. The molecule has 2 aromatic rings. The van der Waals surface area contributed by atoms with Crippen molar-refractivity contribution in [2.24, 2.45) is 0 Å². The van der Waals surface area contributed by atoms with E-state index >= 15 is 0 Å². The highest BCUT2D eigenvalue weighted by Crippen LogP contribution is 2.15. The number of hydrogen-bond acceptors (Lipinski definition) is 6. The number of thiocarbonyl (C=S) groups is 2. The van der Waals surface area contributed by atoms with Crippen molar-refractivity contribution in [3.8, 4) is 0 Å². The Hall–Kier alpha value is -3.70. The van der Waals surface area contributed by atoms with Crippen molar-refractivity contribution in [2.45, 2.75) is 6.92 Å². The number of carbonyl (C=O) groups excluding carboxylic acids is 2. The number of nitrogens with one attached hydrogen (secondary N) is 4. The number of nitro benzene ring substituents is 1. The number of hydrogen-bond donors (Lipinski definition) is 4. The van der Waals surface area contributed by atoms with Gasteiger partial charge < -0.3 is 16.0 Å². The zero-order valence-electron chi connectivity index (χ0n) is 15.7. The van der Waals surface area contributed by atoms with Crippen molar-refractivity contribution in [3.05, 3.63) is 70.3 Å². The molecule has 11 heteroatoms. The summed E-state index contributed by atoms with van der Waals surface area (Å²) in [4.78, 5) is 33.2. The lowest BCUT2D eigenvalue weighted by molar-refractivity contribution is -0.384. The smallest absolute Gasteiger partial charge is 0.270 e. The number of anilines is 2. The van der Waals surface area contributed by atoms with Gasteiger partial charge in [0, 0.05) is 36.5 Å². The third-order valence-electron chi connectivity index (χ3n) is 3.44. The van der Waals surface area contributed by atoms with Crippen LogP contribution in [0.2, 0.25) is 0 Å². The zero-order chi connectivity index (χ0) is 22.1. The van der Waals surface area contributed by atoms with Crippen molar-refractivity contribution < 1.29 is 14.5 Å². The fourth-order valence-electron chi connectivity index (χ4n) is 2.19. The van der Waals surface area contributed by atoms with Gasteiger partial charge in [-0.05, 0) is 60.3 Å². The molecule has 0 aliphatic carbocycles. The third-order valence-corrected chi connectivity index (χ3v) is 3.84. The number of nitrogens with zero attached hydrogens (tertiary/aromatic N) is 1. The number of nitro groups is 1. The van der Waals surface area contributed by atoms with Crippen molar-refractivity contribution in [1.29, 1.82) is 0 Å². The van der Waals surface area contributed by atoms with E-state index in [9.17, 15) is 19.7 Å². The quantitative estimate of drug-likeness (QED) is 0.241. The van der Waals surface area contributed by atoms with Crippen LogP contribution in [0.3, 0.4) is 0 Å². The van der Waals surface area contributed by atoms with Gasteiger partial charge in [-0.15, -0.1) is 0 Å². The second kappa shape index (κ2) is 10.7. The number of rotatable bonds is 5. The summed E-state index contributed by atoms with van der Waals surface area (Å²) in [6.07, 6.45) is 2.67. The molecule has 9 nitrogen and oxygen atoms in total. The summed E-state index contributed by atoms with van der Waals surface area (Å²) in [7, 11) is 0. The van der Waals surface area contributed by atoms with Gasteiger partial charge in [-0.25, -0.2) is 0 Å². The Balaban J connectivity index is 1.87. The molecule has 0 saturated heterocycles. The van der Waals surface area contributed by atoms with Gasteiger partial charge in [0.1, 0.15) is 0 Å². The first-order valence-electron chi connectivity index (χ1n) is 8.46. The average molecular weight is 444 g/mol. The van der Waals surface area contributed by atoms with Gasteiger partial charge in [0.25, 0.3) is 5.69 Å². The molecule has 2 rings (SSSR count). The van der Waals surface area contributed by atoms with E-state index in [1.165, 1.54) is 37.3 Å². The monoisotopic (exact) mass is 443 g/mol. The molecule has 0 spiro atoms. The first-order valence-corrected chi connectivity index (χ1v) is 9.28. The lowest BCUT2D eigenvalue weighted by atomic mass is 10.2. The molecule has 0 aromatic heterocycles. The van der Waals surface area contributed by atoms with E-state index in [4.69, 9.17) is 24.4 Å². The molecule has 0 radical (unpaired) electrons. The Morgan fingerprint density at radius 3 is 2.07 bits per heavy atom. The van der Waals surface area contributed by atoms with E-state index in [2.05, 4.69) is 21.3 Å². The number of non-ortho nitro benzene ring substituents is 1. The highest BCUT2D eigenvalue weighted by atomic mass is 32.1. The molecular weight excluding hydrogens is 426 g/mol. The molecule has 154 valence electrons. The predicted molar refractivity (Wildman–Crippen MR) is 123 cm³/mol. The molecule has 0 bridgehead atoms. The minimum atomic E-state index is -0.509. The topological polar surface area (TPSA) is 125 Å². The van der Waals surface area contributed by atoms with Crippen LogP contribution in [0.5, 0.6) is 0 Å². The Kier molecular flexibility index (Phi) is 8.08. The van der Waals surface area contributed by atoms with Gasteiger partial charge in [-0.3, -0.25) is 25.0 Å². The maximum Gasteiger partial charge on any atom is 0.270 e. The van der Waals surface area contributed by atoms with Gasteiger partial charge in [0.2, 0.25) is 11.8 Å². The summed E-state index contributed by atoms with van der Waals surface area (Å²) in [5, 5.41) is 21.7. The van der Waals surface area contributed by atoms with Crippen LogP contribution in [-0.2, 0) is 9.59 Å². The second-order valence-electron chi connectivity index (χ2n) is 5.84. The van der Waals surface area contributed by atoms with Crippen LogP contribution in [0.25, 0.3) is 6.08 Å². The number of benzene rings is 2. The average Bonchev–Trinajstić information content (AvgIpc) is 2.67. The molecular formula is C19H17N5O4S2. The van der Waals surface area contributed by atoms with Gasteiger partial charge in [0.05, 0.1) is 4.92 Å². The maximum absolute atomic E-state index is 12.0. The van der Waals surface area contributed by atoms with Gasteiger partial charge in [-0.1, -0.05) is 12.1 Å². The first kappa shape index (κ1) is 22.6. The standard InChI is InChI=1S/C19H17N5O4S2/c1-12(25)20-18(29)21-14-6-8-15(9-7-14)22-19(30)23-17(26)10-5-13-3-2-4-16(11-13)24(27)28/h2-11H,1H3,(H2,20,21,25,29)(H2,22,23,26,30)/b10-5+. The van der Waals surface area contributed by atoms with Crippen LogP contribution < -0.4 is 21.3 Å². The largest absolute Gasteiger partial charge is 0.332 e. The van der Waals surface area contributed by atoms with Crippen molar-refractivity contribution in [3.63, 3.8) is 0 Å². The zero-order valence-corrected chi connectivity index (χ0v) is 17.3. The summed E-state index contributed by atoms with van der Waals surface area (Å²) < 4.78 is 0. The Morgan fingerprint density at radius 2 is 1.53 bits per heavy atom. The van der Waals surface area contributed by atoms with E-state index < -0.39 is 10.8 Å². The fraction of sp³-hybridized carbons (Fsp3) is 0.0526. The number of carbonyl (C=O) groups is 2. The molecule has 4 N–H and O–H groups in total. The van der Waals surface area contributed by atoms with E-state index in [1.807, 2.05) is 0 Å². The van der Waals surface area contributed by atoms with Gasteiger partial charge >= 0.3 is 0 Å². The maximum atomic E-state index is 12.0. The number of amides is 2. The van der Waals surface area contributed by atoms with Crippen molar-refractivity contribution >= 4 is 69.6 Å². The van der Waals surface area contributed by atoms with Crippen LogP contribution >= 0.6 is 24.4 Å². The predicted octanol–water partition coefficient (Wildman–Crippen LogP) is 2.95. The summed E-state index contributed by atoms with van der Waals surface area (Å²) in [5.74, 6) is -0.760. The Labute approximate surface area is 182 Å². The molecule has 0 unspecified atom stereocenters. The summed E-state index contributed by atoms with van der Waals surface area (Å²) in [6.45, 7) is 1.36. The molecule has 2 aromatic carbocycles. The second-order valence-corrected chi connectivity index (χ2v) is 6.66. The molecule has 0 saturated carbocycles. The highest BCUT2D eigenvalue weighted by molar-refractivity contribution is 7.80. The Morgan fingerprint density at radius 1 is 0.967 bits per heavy atom.